The van der Waals surface area contributed by atoms with Crippen LogP contribution in [0.2, 0.25) is 0 Å². The predicted octanol–water partition coefficient (Wildman–Crippen LogP) is 3.92. The number of benzene rings is 1. The summed E-state index contributed by atoms with van der Waals surface area (Å²) in [5.74, 6) is -0.278. The van der Waals surface area contributed by atoms with E-state index in [2.05, 4.69) is 10.3 Å². The van der Waals surface area contributed by atoms with Gasteiger partial charge in [0.15, 0.2) is 0 Å². The molecule has 0 saturated carbocycles. The topological polar surface area (TPSA) is 97.8 Å². The molecule has 0 saturated heterocycles. The highest BCUT2D eigenvalue weighted by molar-refractivity contribution is 5.87. The molecule has 2 rings (SSSR count). The van der Waals surface area contributed by atoms with Crippen LogP contribution in [0.5, 0.6) is 11.6 Å². The van der Waals surface area contributed by atoms with Gasteiger partial charge in [0.2, 0.25) is 5.88 Å². The number of pyridine rings is 1. The molecule has 7 nitrogen and oxygen atoms in total. The average Bonchev–Trinajstić information content (AvgIpc) is 2.48. The zero-order valence-corrected chi connectivity index (χ0v) is 13.6. The molecule has 1 aromatic carbocycles. The van der Waals surface area contributed by atoms with E-state index in [1.807, 2.05) is 0 Å². The van der Waals surface area contributed by atoms with Gasteiger partial charge in [-0.05, 0) is 51.1 Å². The van der Waals surface area contributed by atoms with Crippen molar-refractivity contribution in [3.63, 3.8) is 0 Å². The third-order valence-corrected chi connectivity index (χ3v) is 2.71. The van der Waals surface area contributed by atoms with E-state index in [-0.39, 0.29) is 11.4 Å². The first-order valence-corrected chi connectivity index (χ1v) is 7.20. The number of carbonyl (C=O) groups excluding carboxylic acids is 1. The highest BCUT2D eigenvalue weighted by atomic mass is 16.6. The van der Waals surface area contributed by atoms with E-state index in [1.54, 1.807) is 45.0 Å². The molecule has 0 aliphatic heterocycles. The molecule has 0 unspecified atom stereocenters. The van der Waals surface area contributed by atoms with Crippen LogP contribution in [0.4, 0.5) is 10.5 Å². The van der Waals surface area contributed by atoms with Crippen LogP contribution >= 0.6 is 0 Å². The third kappa shape index (κ3) is 5.28. The Bertz CT molecular complexity index is 718. The smallest absolute Gasteiger partial charge is 0.412 e. The summed E-state index contributed by atoms with van der Waals surface area (Å²) in [6, 6.07) is 9.49. The van der Waals surface area contributed by atoms with Crippen molar-refractivity contribution in [1.29, 1.82) is 0 Å². The molecule has 2 aromatic rings. The highest BCUT2D eigenvalue weighted by Crippen LogP contribution is 2.22. The number of aromatic nitrogens is 1. The first-order chi connectivity index (χ1) is 11.2. The lowest BCUT2D eigenvalue weighted by Crippen LogP contribution is -2.27. The maximum atomic E-state index is 11.7. The largest absolute Gasteiger partial charge is 0.478 e. The number of amides is 1. The van der Waals surface area contributed by atoms with Gasteiger partial charge in [-0.2, -0.15) is 0 Å². The molecule has 2 N–H and O–H groups in total. The summed E-state index contributed by atoms with van der Waals surface area (Å²) in [5.41, 5.74) is 0.0750. The van der Waals surface area contributed by atoms with E-state index >= 15 is 0 Å². The van der Waals surface area contributed by atoms with Crippen molar-refractivity contribution in [1.82, 2.24) is 4.98 Å². The van der Waals surface area contributed by atoms with Crippen molar-refractivity contribution in [3.8, 4) is 11.6 Å². The summed E-state index contributed by atoms with van der Waals surface area (Å²) >= 11 is 0. The Morgan fingerprint density at radius 3 is 2.25 bits per heavy atom. The standard InChI is InChI=1S/C17H18N2O5/c1-17(2,3)24-16(22)19-12-5-7-13(8-6-12)23-14-9-4-11(10-18-14)15(20)21/h4-10H,1-3H3,(H,19,22)(H,20,21). The predicted molar refractivity (Wildman–Crippen MR) is 87.6 cm³/mol. The molecule has 24 heavy (non-hydrogen) atoms. The quantitative estimate of drug-likeness (QED) is 0.881. The Hall–Kier alpha value is -3.09. The third-order valence-electron chi connectivity index (χ3n) is 2.71. The van der Waals surface area contributed by atoms with E-state index in [4.69, 9.17) is 14.6 Å². The Labute approximate surface area is 139 Å². The van der Waals surface area contributed by atoms with E-state index in [1.165, 1.54) is 18.3 Å². The number of carboxylic acids is 1. The number of rotatable bonds is 4. The van der Waals surface area contributed by atoms with Gasteiger partial charge < -0.3 is 14.6 Å². The summed E-state index contributed by atoms with van der Waals surface area (Å²) in [6.45, 7) is 5.35. The molecule has 0 bridgehead atoms. The van der Waals surface area contributed by atoms with Crippen LogP contribution in [0, 0.1) is 0 Å². The van der Waals surface area contributed by atoms with Gasteiger partial charge in [-0.1, -0.05) is 0 Å². The zero-order chi connectivity index (χ0) is 17.7. The van der Waals surface area contributed by atoms with Gasteiger partial charge in [0.05, 0.1) is 5.56 Å². The summed E-state index contributed by atoms with van der Waals surface area (Å²) in [7, 11) is 0. The second-order valence-electron chi connectivity index (χ2n) is 5.94. The number of carboxylic acid groups (broad SMARTS) is 1. The van der Waals surface area contributed by atoms with E-state index in [0.29, 0.717) is 11.4 Å². The number of hydrogen-bond acceptors (Lipinski definition) is 5. The molecule has 0 radical (unpaired) electrons. The molecule has 7 heteroatoms. The minimum Gasteiger partial charge on any atom is -0.478 e. The number of nitrogens with one attached hydrogen (secondary N) is 1. The van der Waals surface area contributed by atoms with Crippen LogP contribution < -0.4 is 10.1 Å². The van der Waals surface area contributed by atoms with E-state index in [0.717, 1.165) is 0 Å². The van der Waals surface area contributed by atoms with Crippen LogP contribution in [0.1, 0.15) is 31.1 Å². The summed E-state index contributed by atoms with van der Waals surface area (Å²) < 4.78 is 10.7. The normalized spacial score (nSPS) is 10.8. The molecular weight excluding hydrogens is 312 g/mol. The fraction of sp³-hybridized carbons (Fsp3) is 0.235. The molecule has 1 aromatic heterocycles. The van der Waals surface area contributed by atoms with Gasteiger partial charge in [0.25, 0.3) is 0 Å². The Morgan fingerprint density at radius 2 is 1.75 bits per heavy atom. The maximum Gasteiger partial charge on any atom is 0.412 e. The fourth-order valence-electron chi connectivity index (χ4n) is 1.72. The van der Waals surface area contributed by atoms with Crippen LogP contribution in [0.3, 0.4) is 0 Å². The Kier molecular flexibility index (Phi) is 5.03. The summed E-state index contributed by atoms with van der Waals surface area (Å²) in [5, 5.41) is 11.4. The molecule has 0 spiro atoms. The van der Waals surface area contributed by atoms with Crippen LogP contribution in [0.25, 0.3) is 0 Å². The lowest BCUT2D eigenvalue weighted by molar-refractivity contribution is 0.0634. The first kappa shape index (κ1) is 17.3. The van der Waals surface area contributed by atoms with Gasteiger partial charge in [0.1, 0.15) is 11.4 Å². The first-order valence-electron chi connectivity index (χ1n) is 7.20. The molecule has 1 heterocycles. The Morgan fingerprint density at radius 1 is 1.08 bits per heavy atom. The number of nitrogens with zero attached hydrogens (tertiary/aromatic N) is 1. The van der Waals surface area contributed by atoms with Gasteiger partial charge in [-0.25, -0.2) is 14.6 Å². The summed E-state index contributed by atoms with van der Waals surface area (Å²) in [6.07, 6.45) is 0.679. The average molecular weight is 330 g/mol. The maximum absolute atomic E-state index is 11.7. The molecule has 0 fully saturated rings. The molecule has 1 amide bonds. The number of aromatic carboxylic acids is 1. The van der Waals surface area contributed by atoms with Crippen molar-refractivity contribution in [2.75, 3.05) is 5.32 Å². The lowest BCUT2D eigenvalue weighted by Gasteiger charge is -2.19. The molecule has 0 aliphatic carbocycles. The number of anilines is 1. The number of hydrogen-bond donors (Lipinski definition) is 2. The van der Waals surface area contributed by atoms with Crippen LogP contribution in [-0.2, 0) is 4.74 Å². The van der Waals surface area contributed by atoms with Crippen molar-refractivity contribution in [3.05, 3.63) is 48.2 Å². The van der Waals surface area contributed by atoms with Gasteiger partial charge in [-0.3, -0.25) is 5.32 Å². The minimum absolute atomic E-state index is 0.0826. The van der Waals surface area contributed by atoms with Crippen molar-refractivity contribution in [2.24, 2.45) is 0 Å². The van der Waals surface area contributed by atoms with Gasteiger partial charge in [0, 0.05) is 18.0 Å². The van der Waals surface area contributed by atoms with Crippen molar-refractivity contribution >= 4 is 17.7 Å². The Balaban J connectivity index is 1.96. The van der Waals surface area contributed by atoms with Gasteiger partial charge >= 0.3 is 12.1 Å². The minimum atomic E-state index is -1.05. The molecule has 0 aliphatic rings. The molecule has 126 valence electrons. The fourth-order valence-corrected chi connectivity index (χ4v) is 1.72. The highest BCUT2D eigenvalue weighted by Gasteiger charge is 2.16. The van der Waals surface area contributed by atoms with Crippen molar-refractivity contribution in [2.45, 2.75) is 26.4 Å². The number of ether oxygens (including phenoxy) is 2. The molecular formula is C17H18N2O5. The zero-order valence-electron chi connectivity index (χ0n) is 13.6. The number of carbonyl (C=O) groups is 2. The van der Waals surface area contributed by atoms with Gasteiger partial charge in [-0.15, -0.1) is 0 Å². The SMILES string of the molecule is CC(C)(C)OC(=O)Nc1ccc(Oc2ccc(C(=O)O)cn2)cc1. The van der Waals surface area contributed by atoms with E-state index in [9.17, 15) is 9.59 Å². The van der Waals surface area contributed by atoms with Crippen molar-refractivity contribution < 1.29 is 24.2 Å². The van der Waals surface area contributed by atoms with E-state index < -0.39 is 17.7 Å². The second kappa shape index (κ2) is 6.99. The lowest BCUT2D eigenvalue weighted by atomic mass is 10.2. The summed E-state index contributed by atoms with van der Waals surface area (Å²) in [4.78, 5) is 26.3. The molecule has 0 atom stereocenters. The monoisotopic (exact) mass is 330 g/mol. The second-order valence-corrected chi connectivity index (χ2v) is 5.94. The van der Waals surface area contributed by atoms with Crippen LogP contribution in [-0.4, -0.2) is 27.8 Å². The van der Waals surface area contributed by atoms with Crippen LogP contribution in [0.15, 0.2) is 42.6 Å².